The lowest BCUT2D eigenvalue weighted by molar-refractivity contribution is 0.167. The normalized spacial score (nSPS) is 12.0. The summed E-state index contributed by atoms with van der Waals surface area (Å²) >= 11 is 0. The number of amides is 2. The predicted molar refractivity (Wildman–Crippen MR) is 86.2 cm³/mol. The number of aromatic nitrogens is 2. The molecule has 124 valence electrons. The lowest BCUT2D eigenvalue weighted by atomic mass is 10.3. The van der Waals surface area contributed by atoms with Crippen molar-refractivity contribution < 1.29 is 14.3 Å². The minimum absolute atomic E-state index is 0.311. The molecule has 0 bridgehead atoms. The lowest BCUT2D eigenvalue weighted by Gasteiger charge is -2.17. The summed E-state index contributed by atoms with van der Waals surface area (Å²) in [6.45, 7) is 3.94. The van der Waals surface area contributed by atoms with Gasteiger partial charge in [0.05, 0.1) is 11.8 Å². The second-order valence-corrected chi connectivity index (χ2v) is 5.55. The molecule has 1 atom stereocenters. The number of aliphatic hydroxyl groups excluding tert-OH is 1. The van der Waals surface area contributed by atoms with Crippen molar-refractivity contribution in [3.05, 3.63) is 41.8 Å². The molecule has 1 aromatic heterocycles. The Bertz CT molecular complexity index is 684. The van der Waals surface area contributed by atoms with Crippen molar-refractivity contribution in [2.45, 2.75) is 26.4 Å². The van der Waals surface area contributed by atoms with Crippen LogP contribution < -0.4 is 5.32 Å². The Morgan fingerprint density at radius 1 is 1.48 bits per heavy atom. The summed E-state index contributed by atoms with van der Waals surface area (Å²) in [4.78, 5) is 13.5. The van der Waals surface area contributed by atoms with Crippen molar-refractivity contribution in [1.29, 1.82) is 0 Å². The maximum atomic E-state index is 13.3. The molecule has 23 heavy (non-hydrogen) atoms. The smallest absolute Gasteiger partial charge is 0.322 e. The maximum Gasteiger partial charge on any atom is 0.322 e. The van der Waals surface area contributed by atoms with Gasteiger partial charge in [0.15, 0.2) is 5.82 Å². The number of rotatable bonds is 5. The van der Waals surface area contributed by atoms with E-state index in [1.165, 1.54) is 17.0 Å². The van der Waals surface area contributed by atoms with Gasteiger partial charge in [-0.1, -0.05) is 6.07 Å². The molecule has 1 unspecified atom stereocenters. The van der Waals surface area contributed by atoms with Gasteiger partial charge < -0.3 is 10.0 Å². The summed E-state index contributed by atoms with van der Waals surface area (Å²) in [5, 5.41) is 16.2. The molecule has 0 aliphatic heterocycles. The number of anilines is 1. The van der Waals surface area contributed by atoms with Crippen molar-refractivity contribution in [3.8, 4) is 5.69 Å². The Morgan fingerprint density at radius 2 is 2.22 bits per heavy atom. The number of carbonyl (C=O) groups excluding carboxylic acids is 1. The first-order chi connectivity index (χ1) is 10.9. The van der Waals surface area contributed by atoms with Gasteiger partial charge >= 0.3 is 6.03 Å². The summed E-state index contributed by atoms with van der Waals surface area (Å²) in [6.07, 6.45) is 0.0420. The number of hydrogen-bond acceptors (Lipinski definition) is 3. The van der Waals surface area contributed by atoms with E-state index in [-0.39, 0.29) is 11.8 Å². The molecule has 0 saturated carbocycles. The van der Waals surface area contributed by atoms with Crippen LogP contribution in [0.3, 0.4) is 0 Å². The molecule has 0 radical (unpaired) electrons. The fourth-order valence-corrected chi connectivity index (χ4v) is 2.09. The number of urea groups is 1. The second-order valence-electron chi connectivity index (χ2n) is 5.55. The Balaban J connectivity index is 2.08. The highest BCUT2D eigenvalue weighted by Gasteiger charge is 2.13. The molecule has 0 fully saturated rings. The minimum atomic E-state index is -0.459. The maximum absolute atomic E-state index is 13.3. The Kier molecular flexibility index (Phi) is 5.33. The van der Waals surface area contributed by atoms with E-state index in [0.29, 0.717) is 24.5 Å². The van der Waals surface area contributed by atoms with E-state index >= 15 is 0 Å². The third-order valence-electron chi connectivity index (χ3n) is 3.40. The zero-order valence-corrected chi connectivity index (χ0v) is 13.5. The van der Waals surface area contributed by atoms with Crippen LogP contribution in [0.1, 0.15) is 19.0 Å². The zero-order chi connectivity index (χ0) is 17.0. The molecular weight excluding hydrogens is 299 g/mol. The van der Waals surface area contributed by atoms with Gasteiger partial charge in [0, 0.05) is 25.4 Å². The number of benzene rings is 1. The molecule has 2 amide bonds. The van der Waals surface area contributed by atoms with E-state index in [9.17, 15) is 14.3 Å². The molecule has 2 N–H and O–H groups in total. The first kappa shape index (κ1) is 17.0. The molecule has 2 aromatic rings. The minimum Gasteiger partial charge on any atom is -0.393 e. The molecule has 7 heteroatoms. The van der Waals surface area contributed by atoms with Crippen molar-refractivity contribution in [3.63, 3.8) is 0 Å². The van der Waals surface area contributed by atoms with E-state index < -0.39 is 6.10 Å². The third-order valence-corrected chi connectivity index (χ3v) is 3.40. The Labute approximate surface area is 134 Å². The quantitative estimate of drug-likeness (QED) is 0.889. The fourth-order valence-electron chi connectivity index (χ4n) is 2.09. The first-order valence-corrected chi connectivity index (χ1v) is 7.39. The van der Waals surface area contributed by atoms with E-state index in [1.54, 1.807) is 36.9 Å². The SMILES string of the molecule is Cc1cc(NC(=O)N(C)CCC(C)O)nn1-c1cccc(F)c1. The summed E-state index contributed by atoms with van der Waals surface area (Å²) in [5.41, 5.74) is 1.36. The van der Waals surface area contributed by atoms with Crippen molar-refractivity contribution in [2.24, 2.45) is 0 Å². The van der Waals surface area contributed by atoms with Crippen molar-refractivity contribution >= 4 is 11.8 Å². The van der Waals surface area contributed by atoms with Crippen molar-refractivity contribution in [2.75, 3.05) is 18.9 Å². The molecule has 2 rings (SSSR count). The number of aliphatic hydroxyl groups is 1. The van der Waals surface area contributed by atoms with E-state index in [2.05, 4.69) is 10.4 Å². The van der Waals surface area contributed by atoms with Crippen LogP contribution in [0.25, 0.3) is 5.69 Å². The molecule has 0 aliphatic carbocycles. The van der Waals surface area contributed by atoms with Gasteiger partial charge in [0.2, 0.25) is 0 Å². The van der Waals surface area contributed by atoms with Gasteiger partial charge in [-0.25, -0.2) is 13.9 Å². The summed E-state index contributed by atoms with van der Waals surface area (Å²) in [7, 11) is 1.65. The van der Waals surface area contributed by atoms with E-state index in [0.717, 1.165) is 5.69 Å². The highest BCUT2D eigenvalue weighted by molar-refractivity contribution is 5.88. The van der Waals surface area contributed by atoms with Crippen LogP contribution in [-0.4, -0.2) is 45.5 Å². The molecule has 6 nitrogen and oxygen atoms in total. The summed E-state index contributed by atoms with van der Waals surface area (Å²) in [5.74, 6) is 0.0431. The molecule has 0 aliphatic rings. The van der Waals surface area contributed by atoms with Crippen LogP contribution in [0.4, 0.5) is 15.0 Å². The molecule has 1 aromatic carbocycles. The van der Waals surface area contributed by atoms with Crippen LogP contribution in [-0.2, 0) is 0 Å². The van der Waals surface area contributed by atoms with Crippen LogP contribution in [0, 0.1) is 12.7 Å². The average Bonchev–Trinajstić information content (AvgIpc) is 2.85. The Morgan fingerprint density at radius 3 is 2.87 bits per heavy atom. The van der Waals surface area contributed by atoms with Gasteiger partial charge in [-0.15, -0.1) is 5.10 Å². The van der Waals surface area contributed by atoms with Gasteiger partial charge in [-0.3, -0.25) is 5.32 Å². The third kappa shape index (κ3) is 4.53. The van der Waals surface area contributed by atoms with Gasteiger partial charge in [-0.2, -0.15) is 0 Å². The first-order valence-electron chi connectivity index (χ1n) is 7.39. The van der Waals surface area contributed by atoms with E-state index in [4.69, 9.17) is 0 Å². The molecule has 1 heterocycles. The molecule has 0 spiro atoms. The topological polar surface area (TPSA) is 70.4 Å². The standard InChI is InChI=1S/C16H21FN4O2/c1-11-9-15(18-16(23)20(3)8-7-12(2)22)19-21(11)14-6-4-5-13(17)10-14/h4-6,9-10,12,22H,7-8H2,1-3H3,(H,18,19,23). The second kappa shape index (κ2) is 7.23. The largest absolute Gasteiger partial charge is 0.393 e. The Hall–Kier alpha value is -2.41. The molecular formula is C16H21FN4O2. The number of hydrogen-bond donors (Lipinski definition) is 2. The highest BCUT2D eigenvalue weighted by atomic mass is 19.1. The van der Waals surface area contributed by atoms with Crippen LogP contribution >= 0.6 is 0 Å². The number of carbonyl (C=O) groups is 1. The lowest BCUT2D eigenvalue weighted by Crippen LogP contribution is -2.33. The number of nitrogens with one attached hydrogen (secondary N) is 1. The number of aryl methyl sites for hydroxylation is 1. The summed E-state index contributed by atoms with van der Waals surface area (Å²) < 4.78 is 14.9. The monoisotopic (exact) mass is 320 g/mol. The van der Waals surface area contributed by atoms with Gasteiger partial charge in [0.25, 0.3) is 0 Å². The van der Waals surface area contributed by atoms with Gasteiger partial charge in [-0.05, 0) is 38.5 Å². The predicted octanol–water partition coefficient (Wildman–Crippen LogP) is 2.55. The van der Waals surface area contributed by atoms with Crippen molar-refractivity contribution in [1.82, 2.24) is 14.7 Å². The molecule has 0 saturated heterocycles. The fraction of sp³-hybridized carbons (Fsp3) is 0.375. The van der Waals surface area contributed by atoms with E-state index in [1.807, 2.05) is 6.92 Å². The highest BCUT2D eigenvalue weighted by Crippen LogP contribution is 2.16. The summed E-state index contributed by atoms with van der Waals surface area (Å²) in [6, 6.07) is 7.49. The average molecular weight is 320 g/mol. The zero-order valence-electron chi connectivity index (χ0n) is 13.5. The van der Waals surface area contributed by atoms with Gasteiger partial charge in [0.1, 0.15) is 5.82 Å². The van der Waals surface area contributed by atoms with Crippen LogP contribution in [0.15, 0.2) is 30.3 Å². The van der Waals surface area contributed by atoms with Crippen LogP contribution in [0.2, 0.25) is 0 Å². The number of nitrogens with zero attached hydrogens (tertiary/aromatic N) is 3. The van der Waals surface area contributed by atoms with Crippen LogP contribution in [0.5, 0.6) is 0 Å². The number of halogens is 1.